The molecule has 0 aliphatic rings. The fraction of sp³-hybridized carbons (Fsp3) is 0.333. The van der Waals surface area contributed by atoms with E-state index < -0.39 is 0 Å². The van der Waals surface area contributed by atoms with Gasteiger partial charge in [0, 0.05) is 12.2 Å². The van der Waals surface area contributed by atoms with Crippen LogP contribution in [-0.4, -0.2) is 13.1 Å². The number of rotatable bonds is 8. The predicted octanol–water partition coefficient (Wildman–Crippen LogP) is 3.62. The number of hydrogen-bond acceptors (Lipinski definition) is 2. The first kappa shape index (κ1) is 14.6. The maximum Gasteiger partial charge on any atom is 0.0342 e. The van der Waals surface area contributed by atoms with Crippen LogP contribution in [0, 0.1) is 0 Å². The highest BCUT2D eigenvalue weighted by Crippen LogP contribution is 2.12. The average molecular weight is 268 g/mol. The molecule has 2 heteroatoms. The minimum absolute atomic E-state index is 0.759. The van der Waals surface area contributed by atoms with Crippen molar-refractivity contribution < 1.29 is 0 Å². The molecule has 0 spiro atoms. The van der Waals surface area contributed by atoms with Crippen molar-refractivity contribution in [3.8, 4) is 0 Å². The van der Waals surface area contributed by atoms with Gasteiger partial charge in [-0.1, -0.05) is 42.5 Å². The molecule has 2 rings (SSSR count). The number of hydrogen-bond donors (Lipinski definition) is 2. The summed E-state index contributed by atoms with van der Waals surface area (Å²) in [6, 6.07) is 19.3. The van der Waals surface area contributed by atoms with E-state index in [-0.39, 0.29) is 0 Å². The molecule has 0 heterocycles. The highest BCUT2D eigenvalue weighted by molar-refractivity contribution is 5.45. The maximum atomic E-state index is 5.55. The van der Waals surface area contributed by atoms with Crippen molar-refractivity contribution in [2.75, 3.05) is 18.4 Å². The molecule has 0 saturated heterocycles. The molecule has 0 aromatic heterocycles. The van der Waals surface area contributed by atoms with E-state index in [1.54, 1.807) is 0 Å². The van der Waals surface area contributed by atoms with Gasteiger partial charge in [-0.15, -0.1) is 0 Å². The number of anilines is 1. The fourth-order valence-corrected chi connectivity index (χ4v) is 2.31. The molecular weight excluding hydrogens is 244 g/mol. The maximum absolute atomic E-state index is 5.55. The molecule has 3 N–H and O–H groups in total. The second-order valence-electron chi connectivity index (χ2n) is 5.11. The zero-order chi connectivity index (χ0) is 14.0. The minimum atomic E-state index is 0.759. The van der Waals surface area contributed by atoms with Crippen LogP contribution in [0.4, 0.5) is 5.69 Å². The molecule has 0 saturated carbocycles. The highest BCUT2D eigenvalue weighted by atomic mass is 14.9. The Labute approximate surface area is 122 Å². The van der Waals surface area contributed by atoms with Crippen molar-refractivity contribution in [1.29, 1.82) is 0 Å². The van der Waals surface area contributed by atoms with Gasteiger partial charge >= 0.3 is 0 Å². The summed E-state index contributed by atoms with van der Waals surface area (Å²) < 4.78 is 0. The summed E-state index contributed by atoms with van der Waals surface area (Å²) in [5.41, 5.74) is 9.54. The van der Waals surface area contributed by atoms with Gasteiger partial charge < -0.3 is 11.1 Å². The van der Waals surface area contributed by atoms with E-state index in [0.29, 0.717) is 0 Å². The van der Waals surface area contributed by atoms with E-state index in [9.17, 15) is 0 Å². The molecular formula is C18H24N2. The van der Waals surface area contributed by atoms with Crippen LogP contribution < -0.4 is 11.1 Å². The summed E-state index contributed by atoms with van der Waals surface area (Å²) in [6.45, 7) is 1.77. The van der Waals surface area contributed by atoms with Gasteiger partial charge in [0.15, 0.2) is 0 Å². The molecule has 2 aromatic carbocycles. The molecule has 20 heavy (non-hydrogen) atoms. The molecule has 0 aliphatic heterocycles. The number of nitrogens with one attached hydrogen (secondary N) is 1. The third kappa shape index (κ3) is 5.06. The van der Waals surface area contributed by atoms with Gasteiger partial charge in [0.25, 0.3) is 0 Å². The Bertz CT molecular complexity index is 494. The largest absolute Gasteiger partial charge is 0.385 e. The lowest BCUT2D eigenvalue weighted by Crippen LogP contribution is -2.04. The standard InChI is InChI=1S/C18H24N2/c19-13-5-10-17-9-4-12-18(15-17)20-14-6-11-16-7-2-1-3-8-16/h1-4,7-9,12,15,20H,5-6,10-11,13-14,19H2. The van der Waals surface area contributed by atoms with E-state index >= 15 is 0 Å². The lowest BCUT2D eigenvalue weighted by molar-refractivity contribution is 0.831. The molecule has 0 radical (unpaired) electrons. The zero-order valence-corrected chi connectivity index (χ0v) is 12.0. The Morgan fingerprint density at radius 1 is 0.800 bits per heavy atom. The first-order valence-corrected chi connectivity index (χ1v) is 7.45. The molecule has 2 nitrogen and oxygen atoms in total. The van der Waals surface area contributed by atoms with Gasteiger partial charge in [0.1, 0.15) is 0 Å². The quantitative estimate of drug-likeness (QED) is 0.718. The van der Waals surface area contributed by atoms with Crippen molar-refractivity contribution in [1.82, 2.24) is 0 Å². The summed E-state index contributed by atoms with van der Waals surface area (Å²) in [4.78, 5) is 0. The number of nitrogens with two attached hydrogens (primary N) is 1. The Kier molecular flexibility index (Phi) is 6.12. The Morgan fingerprint density at radius 2 is 1.55 bits per heavy atom. The summed E-state index contributed by atoms with van der Waals surface area (Å²) in [6.07, 6.45) is 4.39. The summed E-state index contributed by atoms with van der Waals surface area (Å²) in [5, 5.41) is 3.50. The summed E-state index contributed by atoms with van der Waals surface area (Å²) in [7, 11) is 0. The molecule has 0 bridgehead atoms. The van der Waals surface area contributed by atoms with Gasteiger partial charge in [-0.2, -0.15) is 0 Å². The second kappa shape index (κ2) is 8.39. The van der Waals surface area contributed by atoms with Crippen molar-refractivity contribution >= 4 is 5.69 Å². The van der Waals surface area contributed by atoms with Crippen LogP contribution in [0.15, 0.2) is 54.6 Å². The van der Waals surface area contributed by atoms with Crippen LogP contribution in [0.25, 0.3) is 0 Å². The number of aryl methyl sites for hydroxylation is 2. The van der Waals surface area contributed by atoms with Crippen molar-refractivity contribution in [2.24, 2.45) is 5.73 Å². The SMILES string of the molecule is NCCCc1cccc(NCCCc2ccccc2)c1. The van der Waals surface area contributed by atoms with Gasteiger partial charge in [-0.25, -0.2) is 0 Å². The van der Waals surface area contributed by atoms with Gasteiger partial charge in [0.2, 0.25) is 0 Å². The molecule has 106 valence electrons. The van der Waals surface area contributed by atoms with Gasteiger partial charge in [-0.05, 0) is 55.5 Å². The highest BCUT2D eigenvalue weighted by Gasteiger charge is 1.96. The third-order valence-electron chi connectivity index (χ3n) is 3.41. The third-order valence-corrected chi connectivity index (χ3v) is 3.41. The summed E-state index contributed by atoms with van der Waals surface area (Å²) >= 11 is 0. The van der Waals surface area contributed by atoms with Crippen molar-refractivity contribution in [2.45, 2.75) is 25.7 Å². The van der Waals surface area contributed by atoms with Crippen LogP contribution in [0.3, 0.4) is 0 Å². The van der Waals surface area contributed by atoms with Crippen molar-refractivity contribution in [3.05, 3.63) is 65.7 Å². The monoisotopic (exact) mass is 268 g/mol. The second-order valence-corrected chi connectivity index (χ2v) is 5.11. The lowest BCUT2D eigenvalue weighted by atomic mass is 10.1. The average Bonchev–Trinajstić information content (AvgIpc) is 2.51. The van der Waals surface area contributed by atoms with E-state index in [0.717, 1.165) is 38.8 Å². The molecule has 0 atom stereocenters. The molecule has 0 aliphatic carbocycles. The Morgan fingerprint density at radius 3 is 2.35 bits per heavy atom. The van der Waals surface area contributed by atoms with Crippen LogP contribution in [0.1, 0.15) is 24.0 Å². The fourth-order valence-electron chi connectivity index (χ4n) is 2.31. The van der Waals surface area contributed by atoms with E-state index in [2.05, 4.69) is 59.9 Å². The first-order chi connectivity index (χ1) is 9.88. The molecule has 0 amide bonds. The van der Waals surface area contributed by atoms with Gasteiger partial charge in [-0.3, -0.25) is 0 Å². The smallest absolute Gasteiger partial charge is 0.0342 e. The summed E-state index contributed by atoms with van der Waals surface area (Å²) in [5.74, 6) is 0. The van der Waals surface area contributed by atoms with Crippen molar-refractivity contribution in [3.63, 3.8) is 0 Å². The normalized spacial score (nSPS) is 10.4. The predicted molar refractivity (Wildman–Crippen MR) is 87.1 cm³/mol. The van der Waals surface area contributed by atoms with E-state index in [4.69, 9.17) is 5.73 Å². The van der Waals surface area contributed by atoms with Crippen LogP contribution in [0.5, 0.6) is 0 Å². The van der Waals surface area contributed by atoms with Crippen LogP contribution >= 0.6 is 0 Å². The zero-order valence-electron chi connectivity index (χ0n) is 12.0. The molecule has 2 aromatic rings. The Balaban J connectivity index is 1.73. The first-order valence-electron chi connectivity index (χ1n) is 7.45. The molecule has 0 unspecified atom stereocenters. The Hall–Kier alpha value is -1.80. The lowest BCUT2D eigenvalue weighted by Gasteiger charge is -2.08. The topological polar surface area (TPSA) is 38.0 Å². The molecule has 0 fully saturated rings. The van der Waals surface area contributed by atoms with Gasteiger partial charge in [0.05, 0.1) is 0 Å². The van der Waals surface area contributed by atoms with E-state index in [1.165, 1.54) is 16.8 Å². The van der Waals surface area contributed by atoms with Crippen LogP contribution in [0.2, 0.25) is 0 Å². The minimum Gasteiger partial charge on any atom is -0.385 e. The van der Waals surface area contributed by atoms with Crippen LogP contribution in [-0.2, 0) is 12.8 Å². The number of benzene rings is 2. The van der Waals surface area contributed by atoms with E-state index in [1.807, 2.05) is 0 Å².